The minimum Gasteiger partial charge on any atom is -0.315 e. The fraction of sp³-hybridized carbons (Fsp3) is 0.556. The molecule has 1 atom stereocenters. The number of fused-ring (bicyclic) bond motifs is 2. The molecule has 23 heavy (non-hydrogen) atoms. The van der Waals surface area contributed by atoms with E-state index in [9.17, 15) is 0 Å². The fourth-order valence-electron chi connectivity index (χ4n) is 3.64. The summed E-state index contributed by atoms with van der Waals surface area (Å²) in [5.74, 6) is 3.56. The molecule has 0 fully saturated rings. The predicted octanol–water partition coefficient (Wildman–Crippen LogP) is 3.37. The Morgan fingerprint density at radius 2 is 2.13 bits per heavy atom. The molecule has 4 nitrogen and oxygen atoms in total. The molecule has 0 saturated carbocycles. The molecule has 122 valence electrons. The topological polar surface area (TPSA) is 42.7 Å². The van der Waals surface area contributed by atoms with Crippen LogP contribution in [0.3, 0.4) is 0 Å². The van der Waals surface area contributed by atoms with E-state index in [1.165, 1.54) is 47.7 Å². The Labute approximate surface area is 142 Å². The number of rotatable bonds is 4. The lowest BCUT2D eigenvalue weighted by Gasteiger charge is -2.26. The zero-order valence-corrected chi connectivity index (χ0v) is 14.3. The summed E-state index contributed by atoms with van der Waals surface area (Å²) < 4.78 is 2.36. The molecule has 1 N–H and O–H groups in total. The number of nitrogens with zero attached hydrogens (tertiary/aromatic N) is 3. The fourth-order valence-corrected chi connectivity index (χ4v) is 4.77. The van der Waals surface area contributed by atoms with Gasteiger partial charge in [-0.25, -0.2) is 0 Å². The van der Waals surface area contributed by atoms with Gasteiger partial charge in [-0.1, -0.05) is 24.6 Å². The summed E-state index contributed by atoms with van der Waals surface area (Å²) in [5, 5.41) is 12.6. The maximum atomic E-state index is 4.44. The summed E-state index contributed by atoms with van der Waals surface area (Å²) in [5.41, 5.74) is 1.46. The summed E-state index contributed by atoms with van der Waals surface area (Å²) in [6.07, 6.45) is 7.11. The van der Waals surface area contributed by atoms with E-state index in [2.05, 4.69) is 44.3 Å². The summed E-state index contributed by atoms with van der Waals surface area (Å²) in [6, 6.07) is 9.28. The van der Waals surface area contributed by atoms with Crippen LogP contribution in [-0.4, -0.2) is 27.1 Å². The third-order valence-corrected chi connectivity index (χ3v) is 6.01. The van der Waals surface area contributed by atoms with Crippen LogP contribution in [0.1, 0.15) is 48.9 Å². The van der Waals surface area contributed by atoms with Gasteiger partial charge in [-0.2, -0.15) is 0 Å². The van der Waals surface area contributed by atoms with Crippen LogP contribution in [-0.2, 0) is 19.4 Å². The van der Waals surface area contributed by atoms with Gasteiger partial charge in [-0.05, 0) is 36.6 Å². The van der Waals surface area contributed by atoms with Gasteiger partial charge >= 0.3 is 0 Å². The molecule has 1 aromatic carbocycles. The van der Waals surface area contributed by atoms with Gasteiger partial charge in [0, 0.05) is 36.9 Å². The lowest BCUT2D eigenvalue weighted by Crippen LogP contribution is -2.27. The molecule has 2 aliphatic rings. The summed E-state index contributed by atoms with van der Waals surface area (Å²) >= 11 is 1.98. The first kappa shape index (κ1) is 15.2. The van der Waals surface area contributed by atoms with Crippen molar-refractivity contribution in [3.05, 3.63) is 41.5 Å². The molecule has 0 saturated heterocycles. The SMILES string of the molecule is c1ccc2c(c1)SCC[C@@H]2NCCc1nnc2n1CCCCC2. The van der Waals surface area contributed by atoms with Gasteiger partial charge in [0.05, 0.1) is 0 Å². The minimum absolute atomic E-state index is 0.485. The highest BCUT2D eigenvalue weighted by molar-refractivity contribution is 7.99. The molecule has 0 bridgehead atoms. The van der Waals surface area contributed by atoms with E-state index in [4.69, 9.17) is 0 Å². The van der Waals surface area contributed by atoms with Crippen LogP contribution in [0.2, 0.25) is 0 Å². The Balaban J connectivity index is 1.39. The van der Waals surface area contributed by atoms with E-state index >= 15 is 0 Å². The van der Waals surface area contributed by atoms with E-state index in [0.717, 1.165) is 31.8 Å². The second kappa shape index (κ2) is 7.05. The maximum absolute atomic E-state index is 4.44. The van der Waals surface area contributed by atoms with Gasteiger partial charge in [0.25, 0.3) is 0 Å². The zero-order chi connectivity index (χ0) is 15.5. The Hall–Kier alpha value is -1.33. The number of nitrogens with one attached hydrogen (secondary N) is 1. The van der Waals surface area contributed by atoms with Crippen LogP contribution in [0, 0.1) is 0 Å². The van der Waals surface area contributed by atoms with Crippen molar-refractivity contribution in [3.8, 4) is 0 Å². The van der Waals surface area contributed by atoms with Gasteiger partial charge in [-0.15, -0.1) is 22.0 Å². The first-order valence-electron chi connectivity index (χ1n) is 8.78. The van der Waals surface area contributed by atoms with E-state index in [1.807, 2.05) is 11.8 Å². The molecule has 2 aliphatic heterocycles. The summed E-state index contributed by atoms with van der Waals surface area (Å²) in [4.78, 5) is 1.44. The highest BCUT2D eigenvalue weighted by Gasteiger charge is 2.20. The monoisotopic (exact) mass is 328 g/mol. The van der Waals surface area contributed by atoms with Crippen molar-refractivity contribution in [3.63, 3.8) is 0 Å². The van der Waals surface area contributed by atoms with Crippen molar-refractivity contribution >= 4 is 11.8 Å². The second-order valence-electron chi connectivity index (χ2n) is 6.43. The Morgan fingerprint density at radius 1 is 1.17 bits per heavy atom. The smallest absolute Gasteiger partial charge is 0.134 e. The molecule has 0 unspecified atom stereocenters. The predicted molar refractivity (Wildman–Crippen MR) is 93.8 cm³/mol. The number of aromatic nitrogens is 3. The molecule has 3 heterocycles. The molecule has 0 aliphatic carbocycles. The molecule has 4 rings (SSSR count). The van der Waals surface area contributed by atoms with Gasteiger partial charge in [0.15, 0.2) is 0 Å². The van der Waals surface area contributed by atoms with E-state index < -0.39 is 0 Å². The largest absolute Gasteiger partial charge is 0.315 e. The van der Waals surface area contributed by atoms with Crippen molar-refractivity contribution < 1.29 is 0 Å². The molecule has 2 aromatic rings. The molecule has 0 amide bonds. The van der Waals surface area contributed by atoms with E-state index in [-0.39, 0.29) is 0 Å². The Bertz CT molecular complexity index is 667. The molecule has 0 radical (unpaired) electrons. The second-order valence-corrected chi connectivity index (χ2v) is 7.56. The van der Waals surface area contributed by atoms with Crippen LogP contribution >= 0.6 is 11.8 Å². The van der Waals surface area contributed by atoms with Crippen LogP contribution in [0.25, 0.3) is 0 Å². The first-order valence-corrected chi connectivity index (χ1v) is 9.76. The standard InChI is InChI=1S/C18H24N4S/c1-2-8-17-20-21-18(22(17)12-5-1)9-11-19-15-10-13-23-16-7-4-3-6-14(15)16/h3-4,6-7,15,19H,1-2,5,8-13H2/t15-/m0/s1. The van der Waals surface area contributed by atoms with Crippen LogP contribution in [0.15, 0.2) is 29.2 Å². The number of thioether (sulfide) groups is 1. The molecule has 5 heteroatoms. The highest BCUT2D eigenvalue weighted by atomic mass is 32.2. The maximum Gasteiger partial charge on any atom is 0.134 e. The van der Waals surface area contributed by atoms with E-state index in [0.29, 0.717) is 6.04 Å². The minimum atomic E-state index is 0.485. The van der Waals surface area contributed by atoms with Gasteiger partial charge in [-0.3, -0.25) is 0 Å². The van der Waals surface area contributed by atoms with Gasteiger partial charge < -0.3 is 9.88 Å². The van der Waals surface area contributed by atoms with Crippen LogP contribution in [0.5, 0.6) is 0 Å². The number of hydrogen-bond acceptors (Lipinski definition) is 4. The zero-order valence-electron chi connectivity index (χ0n) is 13.5. The van der Waals surface area contributed by atoms with Crippen molar-refractivity contribution in [1.29, 1.82) is 0 Å². The first-order chi connectivity index (χ1) is 11.4. The highest BCUT2D eigenvalue weighted by Crippen LogP contribution is 2.35. The quantitative estimate of drug-likeness (QED) is 0.934. The normalized spacial score (nSPS) is 20.6. The van der Waals surface area contributed by atoms with Crippen LogP contribution < -0.4 is 5.32 Å². The number of hydrogen-bond donors (Lipinski definition) is 1. The van der Waals surface area contributed by atoms with E-state index in [1.54, 1.807) is 0 Å². The van der Waals surface area contributed by atoms with Crippen molar-refractivity contribution in [2.24, 2.45) is 0 Å². The van der Waals surface area contributed by atoms with Crippen molar-refractivity contribution in [2.45, 2.75) is 56.0 Å². The molecule has 1 aromatic heterocycles. The number of aryl methyl sites for hydroxylation is 1. The van der Waals surface area contributed by atoms with Crippen LogP contribution in [0.4, 0.5) is 0 Å². The summed E-state index contributed by atoms with van der Waals surface area (Å²) in [7, 11) is 0. The third kappa shape index (κ3) is 3.31. The lowest BCUT2D eigenvalue weighted by atomic mass is 10.0. The molecular weight excluding hydrogens is 304 g/mol. The Kier molecular flexibility index (Phi) is 4.67. The number of benzene rings is 1. The molecule has 0 spiro atoms. The average molecular weight is 328 g/mol. The third-order valence-electron chi connectivity index (χ3n) is 4.88. The summed E-state index contributed by atoms with van der Waals surface area (Å²) in [6.45, 7) is 2.07. The van der Waals surface area contributed by atoms with Crippen molar-refractivity contribution in [2.75, 3.05) is 12.3 Å². The van der Waals surface area contributed by atoms with Crippen molar-refractivity contribution in [1.82, 2.24) is 20.1 Å². The van der Waals surface area contributed by atoms with Gasteiger partial charge in [0.2, 0.25) is 0 Å². The Morgan fingerprint density at radius 3 is 3.13 bits per heavy atom. The lowest BCUT2D eigenvalue weighted by molar-refractivity contribution is 0.502. The van der Waals surface area contributed by atoms with Gasteiger partial charge in [0.1, 0.15) is 11.6 Å². The average Bonchev–Trinajstić information content (AvgIpc) is 2.82. The molecular formula is C18H24N4S.